The number of benzene rings is 2. The Morgan fingerprint density at radius 2 is 1.61 bits per heavy atom. The van der Waals surface area contributed by atoms with Gasteiger partial charge < -0.3 is 20.3 Å². The fourth-order valence-corrected chi connectivity index (χ4v) is 2.89. The number of nitrogens with one attached hydrogen (secondary N) is 2. The topological polar surface area (TPSA) is 70.7 Å². The summed E-state index contributed by atoms with van der Waals surface area (Å²) in [5.41, 5.74) is 2.07. The molecule has 2 aromatic rings. The number of nitrogens with zero attached hydrogens (tertiary/aromatic N) is 1. The highest BCUT2D eigenvalue weighted by atomic mass is 16.5. The van der Waals surface area contributed by atoms with Crippen molar-refractivity contribution in [3.05, 3.63) is 54.1 Å². The number of hydrogen-bond donors (Lipinski definition) is 2. The Bertz CT molecular complexity index is 769. The van der Waals surface area contributed by atoms with Crippen molar-refractivity contribution in [1.82, 2.24) is 4.90 Å². The van der Waals surface area contributed by atoms with Crippen LogP contribution in [0.5, 0.6) is 5.75 Å². The molecule has 0 aliphatic rings. The Balaban J connectivity index is 1.91. The second kappa shape index (κ2) is 11.0. The molecule has 0 saturated carbocycles. The molecule has 6 heteroatoms. The highest BCUT2D eigenvalue weighted by Crippen LogP contribution is 2.22. The summed E-state index contributed by atoms with van der Waals surface area (Å²) < 4.78 is 5.23. The number of carbonyl (C=O) groups is 2. The van der Waals surface area contributed by atoms with Gasteiger partial charge in [-0.25, -0.2) is 0 Å². The summed E-state index contributed by atoms with van der Waals surface area (Å²) >= 11 is 0. The van der Waals surface area contributed by atoms with Crippen molar-refractivity contribution in [3.8, 4) is 5.75 Å². The van der Waals surface area contributed by atoms with Crippen molar-refractivity contribution in [2.75, 3.05) is 37.4 Å². The molecule has 0 spiro atoms. The third kappa shape index (κ3) is 6.01. The van der Waals surface area contributed by atoms with E-state index in [1.165, 1.54) is 0 Å². The van der Waals surface area contributed by atoms with Gasteiger partial charge in [-0.3, -0.25) is 9.59 Å². The van der Waals surface area contributed by atoms with Gasteiger partial charge in [0.1, 0.15) is 5.75 Å². The molecule has 0 unspecified atom stereocenters. The lowest BCUT2D eigenvalue weighted by molar-refractivity contribution is -0.114. The summed E-state index contributed by atoms with van der Waals surface area (Å²) in [4.78, 5) is 26.6. The lowest BCUT2D eigenvalue weighted by Gasteiger charge is -2.21. The van der Waals surface area contributed by atoms with E-state index in [4.69, 9.17) is 4.74 Å². The van der Waals surface area contributed by atoms with E-state index in [1.54, 1.807) is 31.4 Å². The lowest BCUT2D eigenvalue weighted by Crippen LogP contribution is -2.32. The van der Waals surface area contributed by atoms with Crippen molar-refractivity contribution in [3.63, 3.8) is 0 Å². The van der Waals surface area contributed by atoms with Gasteiger partial charge >= 0.3 is 0 Å². The maximum Gasteiger partial charge on any atom is 0.253 e. The first-order valence-electron chi connectivity index (χ1n) is 9.65. The van der Waals surface area contributed by atoms with Gasteiger partial charge in [-0.05, 0) is 49.2 Å². The van der Waals surface area contributed by atoms with E-state index in [-0.39, 0.29) is 18.4 Å². The van der Waals surface area contributed by atoms with Gasteiger partial charge in [0.15, 0.2) is 0 Å². The fraction of sp³-hybridized carbons (Fsp3) is 0.364. The molecule has 2 aromatic carbocycles. The second-order valence-corrected chi connectivity index (χ2v) is 6.47. The monoisotopic (exact) mass is 383 g/mol. The number of amides is 2. The van der Waals surface area contributed by atoms with E-state index in [9.17, 15) is 9.59 Å². The number of methoxy groups -OCH3 is 1. The van der Waals surface area contributed by atoms with Gasteiger partial charge in [0.25, 0.3) is 5.91 Å². The van der Waals surface area contributed by atoms with E-state index in [0.717, 1.165) is 31.6 Å². The molecular formula is C22H29N3O3. The van der Waals surface area contributed by atoms with E-state index >= 15 is 0 Å². The van der Waals surface area contributed by atoms with Crippen LogP contribution in [0.25, 0.3) is 0 Å². The van der Waals surface area contributed by atoms with Crippen LogP contribution in [-0.2, 0) is 4.79 Å². The number of carbonyl (C=O) groups excluding carboxylic acids is 2. The highest BCUT2D eigenvalue weighted by Gasteiger charge is 2.14. The summed E-state index contributed by atoms with van der Waals surface area (Å²) in [7, 11) is 1.56. The van der Waals surface area contributed by atoms with Crippen LogP contribution in [0.4, 0.5) is 11.4 Å². The van der Waals surface area contributed by atoms with Crippen LogP contribution in [0.2, 0.25) is 0 Å². The standard InChI is InChI=1S/C22H29N3O3/c1-4-14-25(15-5-2)22(27)17-10-12-18(13-11-17)23-16-21(26)24-19-8-6-7-9-20(19)28-3/h6-13,23H,4-5,14-16H2,1-3H3,(H,24,26). The van der Waals surface area contributed by atoms with E-state index in [0.29, 0.717) is 17.0 Å². The van der Waals surface area contributed by atoms with Crippen LogP contribution in [-0.4, -0.2) is 43.5 Å². The molecule has 2 rings (SSSR count). The predicted octanol–water partition coefficient (Wildman–Crippen LogP) is 4.01. The SMILES string of the molecule is CCCN(CCC)C(=O)c1ccc(NCC(=O)Nc2ccccc2OC)cc1. The van der Waals surface area contributed by atoms with Crippen LogP contribution in [0.1, 0.15) is 37.0 Å². The van der Waals surface area contributed by atoms with Crippen molar-refractivity contribution in [2.24, 2.45) is 0 Å². The van der Waals surface area contributed by atoms with Crippen LogP contribution < -0.4 is 15.4 Å². The molecule has 0 saturated heterocycles. The molecule has 2 N–H and O–H groups in total. The lowest BCUT2D eigenvalue weighted by atomic mass is 10.1. The normalized spacial score (nSPS) is 10.2. The van der Waals surface area contributed by atoms with Gasteiger partial charge in [-0.1, -0.05) is 26.0 Å². The van der Waals surface area contributed by atoms with Gasteiger partial charge in [0.05, 0.1) is 19.3 Å². The van der Waals surface area contributed by atoms with Crippen molar-refractivity contribution >= 4 is 23.2 Å². The smallest absolute Gasteiger partial charge is 0.253 e. The van der Waals surface area contributed by atoms with Crippen LogP contribution in [0.15, 0.2) is 48.5 Å². The quantitative estimate of drug-likeness (QED) is 0.650. The van der Waals surface area contributed by atoms with Crippen molar-refractivity contribution < 1.29 is 14.3 Å². The third-order valence-electron chi connectivity index (χ3n) is 4.24. The minimum atomic E-state index is -0.179. The summed E-state index contributed by atoms with van der Waals surface area (Å²) in [6, 6.07) is 14.5. The first-order chi connectivity index (χ1) is 13.6. The Kier molecular flexibility index (Phi) is 8.34. The molecule has 0 radical (unpaired) electrons. The molecule has 0 aromatic heterocycles. The maximum atomic E-state index is 12.6. The Labute approximate surface area is 166 Å². The molecule has 0 bridgehead atoms. The minimum Gasteiger partial charge on any atom is -0.495 e. The summed E-state index contributed by atoms with van der Waals surface area (Å²) in [5.74, 6) is 0.480. The fourth-order valence-electron chi connectivity index (χ4n) is 2.89. The van der Waals surface area contributed by atoms with Gasteiger partial charge in [0.2, 0.25) is 5.91 Å². The van der Waals surface area contributed by atoms with Crippen LogP contribution >= 0.6 is 0 Å². The molecule has 150 valence electrons. The van der Waals surface area contributed by atoms with Crippen molar-refractivity contribution in [2.45, 2.75) is 26.7 Å². The van der Waals surface area contributed by atoms with Gasteiger partial charge in [0, 0.05) is 24.3 Å². The molecule has 6 nitrogen and oxygen atoms in total. The number of para-hydroxylation sites is 2. The van der Waals surface area contributed by atoms with Crippen molar-refractivity contribution in [1.29, 1.82) is 0 Å². The molecule has 0 fully saturated rings. The Hall–Kier alpha value is -3.02. The molecule has 0 aliphatic carbocycles. The average Bonchev–Trinajstić information content (AvgIpc) is 2.72. The number of ether oxygens (including phenoxy) is 1. The average molecular weight is 383 g/mol. The zero-order chi connectivity index (χ0) is 20.4. The van der Waals surface area contributed by atoms with Gasteiger partial charge in [-0.2, -0.15) is 0 Å². The maximum absolute atomic E-state index is 12.6. The zero-order valence-electron chi connectivity index (χ0n) is 16.8. The first kappa shape index (κ1) is 21.3. The van der Waals surface area contributed by atoms with Crippen LogP contribution in [0.3, 0.4) is 0 Å². The first-order valence-corrected chi connectivity index (χ1v) is 9.65. The molecule has 0 heterocycles. The molecule has 2 amide bonds. The molecule has 28 heavy (non-hydrogen) atoms. The molecule has 0 aliphatic heterocycles. The van der Waals surface area contributed by atoms with Crippen LogP contribution in [0, 0.1) is 0 Å². The summed E-state index contributed by atoms with van der Waals surface area (Å²) in [6.07, 6.45) is 1.87. The number of hydrogen-bond acceptors (Lipinski definition) is 4. The van der Waals surface area contributed by atoms with Gasteiger partial charge in [-0.15, -0.1) is 0 Å². The van der Waals surface area contributed by atoms with E-state index < -0.39 is 0 Å². The van der Waals surface area contributed by atoms with E-state index in [1.807, 2.05) is 29.2 Å². The predicted molar refractivity (Wildman–Crippen MR) is 113 cm³/mol. The number of anilines is 2. The second-order valence-electron chi connectivity index (χ2n) is 6.47. The Morgan fingerprint density at radius 1 is 0.964 bits per heavy atom. The molecular weight excluding hydrogens is 354 g/mol. The minimum absolute atomic E-state index is 0.0455. The Morgan fingerprint density at radius 3 is 2.21 bits per heavy atom. The van der Waals surface area contributed by atoms with E-state index in [2.05, 4.69) is 24.5 Å². The zero-order valence-corrected chi connectivity index (χ0v) is 16.8. The summed E-state index contributed by atoms with van der Waals surface area (Å²) in [5, 5.41) is 5.89. The largest absolute Gasteiger partial charge is 0.495 e. The molecule has 0 atom stereocenters. The number of rotatable bonds is 10. The summed E-state index contributed by atoms with van der Waals surface area (Å²) in [6.45, 7) is 5.77. The third-order valence-corrected chi connectivity index (χ3v) is 4.24. The highest BCUT2D eigenvalue weighted by molar-refractivity contribution is 5.96.